The standard InChI is InChI=1S/C23H15ClFN3O4/c24-19-20(23(32)28(22(19)31)17-10-3-1-8-15(17)25)26-14-7-5-6-13(12-14)21(30)27-16-9-2-4-11-18(16)29/h1-12,26,29H,(H,27,30). The number of rotatable bonds is 5. The van der Waals surface area contributed by atoms with Gasteiger partial charge in [-0.1, -0.05) is 41.9 Å². The molecule has 3 amide bonds. The molecule has 1 heterocycles. The maximum absolute atomic E-state index is 14.1. The van der Waals surface area contributed by atoms with Gasteiger partial charge in [-0.2, -0.15) is 0 Å². The molecule has 0 aromatic heterocycles. The van der Waals surface area contributed by atoms with Crippen LogP contribution in [-0.4, -0.2) is 22.8 Å². The molecule has 32 heavy (non-hydrogen) atoms. The number of imide groups is 1. The van der Waals surface area contributed by atoms with Gasteiger partial charge in [0, 0.05) is 11.3 Å². The highest BCUT2D eigenvalue weighted by atomic mass is 35.5. The van der Waals surface area contributed by atoms with E-state index in [4.69, 9.17) is 11.6 Å². The third-order valence-electron chi connectivity index (χ3n) is 4.67. The lowest BCUT2D eigenvalue weighted by atomic mass is 10.1. The van der Waals surface area contributed by atoms with E-state index in [0.29, 0.717) is 10.6 Å². The first-order valence-electron chi connectivity index (χ1n) is 9.36. The van der Waals surface area contributed by atoms with Crippen LogP contribution in [-0.2, 0) is 9.59 Å². The third-order valence-corrected chi connectivity index (χ3v) is 5.02. The van der Waals surface area contributed by atoms with E-state index >= 15 is 0 Å². The number of para-hydroxylation sites is 3. The fraction of sp³-hybridized carbons (Fsp3) is 0. The van der Waals surface area contributed by atoms with Gasteiger partial charge in [-0.25, -0.2) is 9.29 Å². The van der Waals surface area contributed by atoms with E-state index in [1.807, 2.05) is 0 Å². The normalized spacial score (nSPS) is 13.5. The van der Waals surface area contributed by atoms with Crippen LogP contribution in [0.5, 0.6) is 5.75 Å². The summed E-state index contributed by atoms with van der Waals surface area (Å²) >= 11 is 6.07. The fourth-order valence-electron chi connectivity index (χ4n) is 3.12. The van der Waals surface area contributed by atoms with Crippen molar-refractivity contribution in [3.05, 3.63) is 94.9 Å². The molecular weight excluding hydrogens is 437 g/mol. The van der Waals surface area contributed by atoms with Gasteiger partial charge >= 0.3 is 0 Å². The summed E-state index contributed by atoms with van der Waals surface area (Å²) in [7, 11) is 0. The van der Waals surface area contributed by atoms with Crippen molar-refractivity contribution in [2.45, 2.75) is 0 Å². The number of phenols is 1. The van der Waals surface area contributed by atoms with E-state index in [1.165, 1.54) is 36.4 Å². The Bertz CT molecular complexity index is 1290. The summed E-state index contributed by atoms with van der Waals surface area (Å²) in [4.78, 5) is 38.5. The molecule has 0 fully saturated rings. The number of anilines is 3. The molecule has 7 nitrogen and oxygen atoms in total. The minimum Gasteiger partial charge on any atom is -0.506 e. The molecule has 4 rings (SSSR count). The second kappa shape index (κ2) is 8.52. The summed E-state index contributed by atoms with van der Waals surface area (Å²) < 4.78 is 14.1. The molecule has 0 atom stereocenters. The fourth-order valence-corrected chi connectivity index (χ4v) is 3.33. The Morgan fingerprint density at radius 1 is 0.938 bits per heavy atom. The minimum absolute atomic E-state index is 0.0876. The van der Waals surface area contributed by atoms with Crippen molar-refractivity contribution in [3.63, 3.8) is 0 Å². The number of aromatic hydroxyl groups is 1. The Morgan fingerprint density at radius 2 is 1.66 bits per heavy atom. The van der Waals surface area contributed by atoms with Crippen LogP contribution in [0.15, 0.2) is 83.5 Å². The number of halogens is 2. The van der Waals surface area contributed by atoms with Crippen molar-refractivity contribution in [1.29, 1.82) is 0 Å². The van der Waals surface area contributed by atoms with Crippen LogP contribution in [0.4, 0.5) is 21.5 Å². The van der Waals surface area contributed by atoms with E-state index in [9.17, 15) is 23.9 Å². The number of phenolic OH excluding ortho intramolecular Hbond substituents is 1. The molecule has 0 aliphatic carbocycles. The largest absolute Gasteiger partial charge is 0.506 e. The molecule has 0 bridgehead atoms. The zero-order valence-corrected chi connectivity index (χ0v) is 17.1. The lowest BCUT2D eigenvalue weighted by molar-refractivity contribution is -0.120. The number of carbonyl (C=O) groups excluding carboxylic acids is 3. The molecule has 9 heteroatoms. The van der Waals surface area contributed by atoms with Crippen LogP contribution >= 0.6 is 11.6 Å². The number of nitrogens with one attached hydrogen (secondary N) is 2. The number of amides is 3. The average molecular weight is 452 g/mol. The zero-order valence-electron chi connectivity index (χ0n) is 16.3. The molecule has 3 aromatic carbocycles. The van der Waals surface area contributed by atoms with E-state index in [0.717, 1.165) is 6.07 Å². The van der Waals surface area contributed by atoms with Crippen LogP contribution in [0.2, 0.25) is 0 Å². The Kier molecular flexibility index (Phi) is 5.61. The summed E-state index contributed by atoms with van der Waals surface area (Å²) in [5, 5.41) is 14.7. The van der Waals surface area contributed by atoms with Gasteiger partial charge in [-0.3, -0.25) is 14.4 Å². The number of carbonyl (C=O) groups is 3. The first kappa shape index (κ1) is 21.1. The van der Waals surface area contributed by atoms with Gasteiger partial charge in [0.2, 0.25) is 0 Å². The van der Waals surface area contributed by atoms with Crippen LogP contribution < -0.4 is 15.5 Å². The van der Waals surface area contributed by atoms with Crippen molar-refractivity contribution in [2.75, 3.05) is 15.5 Å². The summed E-state index contributed by atoms with van der Waals surface area (Å²) in [6.45, 7) is 0. The molecule has 160 valence electrons. The Morgan fingerprint density at radius 3 is 2.41 bits per heavy atom. The summed E-state index contributed by atoms with van der Waals surface area (Å²) in [5.41, 5.74) is 0.308. The van der Waals surface area contributed by atoms with Crippen molar-refractivity contribution >= 4 is 46.4 Å². The highest BCUT2D eigenvalue weighted by Crippen LogP contribution is 2.31. The van der Waals surface area contributed by atoms with Gasteiger partial charge in [-0.15, -0.1) is 0 Å². The first-order chi connectivity index (χ1) is 15.4. The maximum atomic E-state index is 14.1. The molecule has 3 aromatic rings. The Labute approximate surface area is 186 Å². The molecule has 1 aliphatic rings. The van der Waals surface area contributed by atoms with Gasteiger partial charge in [0.15, 0.2) is 0 Å². The minimum atomic E-state index is -0.863. The van der Waals surface area contributed by atoms with E-state index in [1.54, 1.807) is 30.3 Å². The highest BCUT2D eigenvalue weighted by molar-refractivity contribution is 6.53. The van der Waals surface area contributed by atoms with Crippen LogP contribution in [0, 0.1) is 5.82 Å². The van der Waals surface area contributed by atoms with E-state index in [2.05, 4.69) is 10.6 Å². The molecule has 0 unspecified atom stereocenters. The predicted octanol–water partition coefficient (Wildman–Crippen LogP) is 4.22. The van der Waals surface area contributed by atoms with Crippen LogP contribution in [0.25, 0.3) is 0 Å². The molecular formula is C23H15ClFN3O4. The van der Waals surface area contributed by atoms with Gasteiger partial charge in [0.1, 0.15) is 22.3 Å². The van der Waals surface area contributed by atoms with Crippen molar-refractivity contribution in [1.82, 2.24) is 0 Å². The van der Waals surface area contributed by atoms with Gasteiger partial charge in [0.25, 0.3) is 17.7 Å². The van der Waals surface area contributed by atoms with Gasteiger partial charge < -0.3 is 15.7 Å². The SMILES string of the molecule is O=C(Nc1ccccc1O)c1cccc(NC2=C(Cl)C(=O)N(c3ccccc3F)C2=O)c1. The van der Waals surface area contributed by atoms with Gasteiger partial charge in [0.05, 0.1) is 11.4 Å². The van der Waals surface area contributed by atoms with Gasteiger partial charge in [-0.05, 0) is 42.5 Å². The van der Waals surface area contributed by atoms with E-state index in [-0.39, 0.29) is 28.4 Å². The van der Waals surface area contributed by atoms with Crippen molar-refractivity contribution in [3.8, 4) is 5.75 Å². The molecule has 0 spiro atoms. The molecule has 0 saturated heterocycles. The average Bonchev–Trinajstić information content (AvgIpc) is 2.99. The van der Waals surface area contributed by atoms with Crippen molar-refractivity contribution in [2.24, 2.45) is 0 Å². The lowest BCUT2D eigenvalue weighted by Gasteiger charge is -2.15. The molecule has 1 aliphatic heterocycles. The third kappa shape index (κ3) is 3.91. The number of hydrogen-bond donors (Lipinski definition) is 3. The highest BCUT2D eigenvalue weighted by Gasteiger charge is 2.40. The number of hydrogen-bond acceptors (Lipinski definition) is 5. The smallest absolute Gasteiger partial charge is 0.283 e. The lowest BCUT2D eigenvalue weighted by Crippen LogP contribution is -2.33. The second-order valence-corrected chi connectivity index (χ2v) is 7.14. The topological polar surface area (TPSA) is 98.7 Å². The number of nitrogens with zero attached hydrogens (tertiary/aromatic N) is 1. The van der Waals surface area contributed by atoms with Crippen molar-refractivity contribution < 1.29 is 23.9 Å². The van der Waals surface area contributed by atoms with Crippen LogP contribution in [0.1, 0.15) is 10.4 Å². The second-order valence-electron chi connectivity index (χ2n) is 6.76. The first-order valence-corrected chi connectivity index (χ1v) is 9.74. The summed E-state index contributed by atoms with van der Waals surface area (Å²) in [6, 6.07) is 17.7. The molecule has 0 saturated carbocycles. The monoisotopic (exact) mass is 451 g/mol. The Hall–Kier alpha value is -4.17. The van der Waals surface area contributed by atoms with E-state index < -0.39 is 28.6 Å². The molecule has 3 N–H and O–H groups in total. The number of benzene rings is 3. The zero-order chi connectivity index (χ0) is 22.8. The maximum Gasteiger partial charge on any atom is 0.283 e. The van der Waals surface area contributed by atoms with Crippen LogP contribution in [0.3, 0.4) is 0 Å². The quantitative estimate of drug-likeness (QED) is 0.398. The Balaban J connectivity index is 1.56. The molecule has 0 radical (unpaired) electrons. The summed E-state index contributed by atoms with van der Waals surface area (Å²) in [5.74, 6) is -3.03. The predicted molar refractivity (Wildman–Crippen MR) is 118 cm³/mol. The summed E-state index contributed by atoms with van der Waals surface area (Å²) in [6.07, 6.45) is 0.